The first kappa shape index (κ1) is 53.4. The van der Waals surface area contributed by atoms with Gasteiger partial charge in [0.2, 0.25) is 0 Å². The highest BCUT2D eigenvalue weighted by atomic mass is 16.4. The monoisotopic (exact) mass is 838 g/mol. The van der Waals surface area contributed by atoms with E-state index in [0.29, 0.717) is 13.0 Å². The van der Waals surface area contributed by atoms with Gasteiger partial charge in [-0.1, -0.05) is 6.92 Å². The van der Waals surface area contributed by atoms with E-state index in [-0.39, 0.29) is 124 Å². The minimum Gasteiger partial charge on any atom is -0.480 e. The summed E-state index contributed by atoms with van der Waals surface area (Å²) in [6, 6.07) is 0. The smallest absolute Gasteiger partial charge is 0.317 e. The zero-order chi connectivity index (χ0) is 44.0. The molecule has 24 nitrogen and oxygen atoms in total. The van der Waals surface area contributed by atoms with Gasteiger partial charge in [-0.15, -0.1) is 0 Å². The van der Waals surface area contributed by atoms with Gasteiger partial charge in [0.15, 0.2) is 0 Å². The third-order valence-corrected chi connectivity index (χ3v) is 8.54. The fraction of sp³-hybridized carbons (Fsp3) is 0.765. The number of hydrogen-bond acceptors (Lipinski definition) is 16. The van der Waals surface area contributed by atoms with Crippen molar-refractivity contribution in [3.63, 3.8) is 0 Å². The molecule has 0 aromatic rings. The normalized spacial score (nSPS) is 11.7. The molecule has 0 amide bonds. The van der Waals surface area contributed by atoms with E-state index < -0.39 is 73.9 Å². The number of carboxylic acids is 8. The molecule has 0 rings (SSSR count). The number of carbonyl (C=O) groups is 8. The number of nitrogens with zero attached hydrogens (tertiary/aromatic N) is 7. The van der Waals surface area contributed by atoms with Crippen molar-refractivity contribution < 1.29 is 79.2 Å². The van der Waals surface area contributed by atoms with E-state index in [1.54, 1.807) is 19.6 Å². The van der Waals surface area contributed by atoms with Crippen LogP contribution < -0.4 is 5.32 Å². The van der Waals surface area contributed by atoms with Crippen molar-refractivity contribution in [1.29, 1.82) is 0 Å². The van der Waals surface area contributed by atoms with Crippen LogP contribution in [0.15, 0.2) is 0 Å². The van der Waals surface area contributed by atoms with Gasteiger partial charge in [0.1, 0.15) is 0 Å². The zero-order valence-electron chi connectivity index (χ0n) is 33.2. The van der Waals surface area contributed by atoms with Crippen molar-refractivity contribution in [2.45, 2.75) is 19.8 Å². The van der Waals surface area contributed by atoms with Crippen molar-refractivity contribution in [2.24, 2.45) is 0 Å². The molecule has 0 aliphatic carbocycles. The van der Waals surface area contributed by atoms with E-state index in [1.807, 2.05) is 6.92 Å². The fourth-order valence-corrected chi connectivity index (χ4v) is 5.91. The Hall–Kier alpha value is -4.56. The Morgan fingerprint density at radius 2 is 0.552 bits per heavy atom. The number of carboxylic acid groups (broad SMARTS) is 8. The van der Waals surface area contributed by atoms with E-state index in [4.69, 9.17) is 5.11 Å². The molecule has 0 fully saturated rings. The van der Waals surface area contributed by atoms with Crippen LogP contribution in [0.4, 0.5) is 0 Å². The van der Waals surface area contributed by atoms with Crippen LogP contribution in [0, 0.1) is 0 Å². The van der Waals surface area contributed by atoms with Crippen molar-refractivity contribution in [2.75, 3.05) is 151 Å². The van der Waals surface area contributed by atoms with Gasteiger partial charge in [-0.3, -0.25) is 72.7 Å². The summed E-state index contributed by atoms with van der Waals surface area (Å²) in [5, 5.41) is 77.4. The molecule has 58 heavy (non-hydrogen) atoms. The first-order valence-corrected chi connectivity index (χ1v) is 18.8. The Morgan fingerprint density at radius 1 is 0.328 bits per heavy atom. The van der Waals surface area contributed by atoms with Gasteiger partial charge in [-0.25, -0.2) is 0 Å². The minimum atomic E-state index is -1.16. The molecule has 0 unspecified atom stereocenters. The number of rotatable bonds is 40. The highest BCUT2D eigenvalue weighted by Crippen LogP contribution is 2.03. The maximum absolute atomic E-state index is 11.7. The van der Waals surface area contributed by atoms with Crippen LogP contribution in [0.5, 0.6) is 0 Å². The molecule has 0 radical (unpaired) electrons. The van der Waals surface area contributed by atoms with Crippen molar-refractivity contribution in [1.82, 2.24) is 39.6 Å². The molecular weight excluding hydrogens is 776 g/mol. The number of hydrogen-bond donors (Lipinski definition) is 9. The maximum atomic E-state index is 11.7. The van der Waals surface area contributed by atoms with Gasteiger partial charge in [-0.2, -0.15) is 0 Å². The Labute approximate surface area is 336 Å². The molecule has 9 N–H and O–H groups in total. The Balaban J connectivity index is 5.53. The molecule has 0 bridgehead atoms. The van der Waals surface area contributed by atoms with E-state index in [2.05, 4.69) is 5.32 Å². The van der Waals surface area contributed by atoms with Gasteiger partial charge >= 0.3 is 47.8 Å². The molecule has 0 saturated carbocycles. The number of aliphatic carboxylic acids is 8. The molecule has 0 heterocycles. The van der Waals surface area contributed by atoms with Gasteiger partial charge in [-0.05, 0) is 19.4 Å². The molecule has 24 heteroatoms. The first-order chi connectivity index (χ1) is 27.3. The Morgan fingerprint density at radius 3 is 0.776 bits per heavy atom. The lowest BCUT2D eigenvalue weighted by atomic mass is 10.3. The summed E-state index contributed by atoms with van der Waals surface area (Å²) in [7, 11) is 0. The van der Waals surface area contributed by atoms with Crippen LogP contribution in [-0.4, -0.2) is 273 Å². The summed E-state index contributed by atoms with van der Waals surface area (Å²) >= 11 is 0. The van der Waals surface area contributed by atoms with Gasteiger partial charge in [0, 0.05) is 91.6 Å². The lowest BCUT2D eigenvalue weighted by Gasteiger charge is -2.30. The summed E-state index contributed by atoms with van der Waals surface area (Å²) in [6.45, 7) is 1.46. The highest BCUT2D eigenvalue weighted by molar-refractivity contribution is 5.71. The van der Waals surface area contributed by atoms with Crippen molar-refractivity contribution in [3.8, 4) is 0 Å². The molecule has 0 aromatic carbocycles. The summed E-state index contributed by atoms with van der Waals surface area (Å²) in [5.74, 6) is -9.00. The predicted octanol–water partition coefficient (Wildman–Crippen LogP) is -3.83. The third kappa shape index (κ3) is 31.5. The maximum Gasteiger partial charge on any atom is 0.317 e. The minimum absolute atomic E-state index is 0.0931. The van der Waals surface area contributed by atoms with Crippen molar-refractivity contribution >= 4 is 47.8 Å². The van der Waals surface area contributed by atoms with Gasteiger partial charge in [0.25, 0.3) is 0 Å². The standard InChI is InChI=1S/C34H62N8O16/c1-2-5-36(20-28(45)46)9-13-40(24-32(53)54)17-18-42(26-34(57)58)15-11-38(22-30(49)50)7-3-6-37(21-29(47)48)10-14-41(25-33(55)56)16-12-39(23-31(51)52)8-4-35-19-27(43)44/h35H,2-26H2,1H3,(H,43,44)(H,45,46)(H,47,48)(H,49,50)(H,51,52)(H,53,54)(H,55,56)(H,57,58). The molecule has 0 aliphatic rings. The van der Waals surface area contributed by atoms with Gasteiger partial charge < -0.3 is 46.2 Å². The lowest BCUT2D eigenvalue weighted by molar-refractivity contribution is -0.141. The van der Waals surface area contributed by atoms with Crippen LogP contribution in [-0.2, 0) is 38.4 Å². The molecule has 334 valence electrons. The molecule has 0 saturated heterocycles. The predicted molar refractivity (Wildman–Crippen MR) is 204 cm³/mol. The van der Waals surface area contributed by atoms with E-state index in [0.717, 1.165) is 0 Å². The second-order valence-electron chi connectivity index (χ2n) is 13.6. The van der Waals surface area contributed by atoms with E-state index >= 15 is 0 Å². The molecule has 0 aliphatic heterocycles. The van der Waals surface area contributed by atoms with Crippen LogP contribution in [0.3, 0.4) is 0 Å². The average molecular weight is 839 g/mol. The molecule has 0 spiro atoms. The molecule has 0 aromatic heterocycles. The topological polar surface area (TPSA) is 333 Å². The van der Waals surface area contributed by atoms with E-state index in [1.165, 1.54) is 14.7 Å². The fourth-order valence-electron chi connectivity index (χ4n) is 5.91. The zero-order valence-corrected chi connectivity index (χ0v) is 33.2. The Bertz CT molecular complexity index is 1300. The van der Waals surface area contributed by atoms with Gasteiger partial charge in [0.05, 0.1) is 52.4 Å². The summed E-state index contributed by atoms with van der Waals surface area (Å²) in [6.07, 6.45) is 0.968. The first-order valence-electron chi connectivity index (χ1n) is 18.8. The second-order valence-corrected chi connectivity index (χ2v) is 13.6. The lowest BCUT2D eigenvalue weighted by Crippen LogP contribution is -2.46. The largest absolute Gasteiger partial charge is 0.480 e. The highest BCUT2D eigenvalue weighted by Gasteiger charge is 2.20. The third-order valence-electron chi connectivity index (χ3n) is 8.54. The number of nitrogens with one attached hydrogen (secondary N) is 1. The quantitative estimate of drug-likeness (QED) is 0.0267. The van der Waals surface area contributed by atoms with E-state index in [9.17, 15) is 74.1 Å². The second kappa shape index (κ2) is 31.4. The Kier molecular flexibility index (Phi) is 29.0. The van der Waals surface area contributed by atoms with Crippen LogP contribution in [0.2, 0.25) is 0 Å². The summed E-state index contributed by atoms with van der Waals surface area (Å²) < 4.78 is 0. The van der Waals surface area contributed by atoms with Crippen LogP contribution in [0.1, 0.15) is 19.8 Å². The SMILES string of the molecule is CCCN(CCN(CCN(CCN(CCCN(CCN(CCN(CCNCC(=O)O)CC(=O)O)CC(=O)O)CC(=O)O)CC(=O)O)CC(=O)O)CC(=O)O)CC(=O)O. The van der Waals surface area contributed by atoms with Crippen LogP contribution in [0.25, 0.3) is 0 Å². The van der Waals surface area contributed by atoms with Crippen LogP contribution >= 0.6 is 0 Å². The van der Waals surface area contributed by atoms with Crippen molar-refractivity contribution in [3.05, 3.63) is 0 Å². The molecule has 0 atom stereocenters. The molecular formula is C34H62N8O16. The average Bonchev–Trinajstić information content (AvgIpc) is 3.08. The summed E-state index contributed by atoms with van der Waals surface area (Å²) in [5.41, 5.74) is 0. The summed E-state index contributed by atoms with van der Waals surface area (Å²) in [4.78, 5) is 102.